The fourth-order valence-corrected chi connectivity index (χ4v) is 2.64. The number of nitrogens with one attached hydrogen (secondary N) is 1. The van der Waals surface area contributed by atoms with E-state index in [1.54, 1.807) is 7.11 Å². The Hall–Kier alpha value is -1.88. The molecule has 0 aliphatic heterocycles. The van der Waals surface area contributed by atoms with Gasteiger partial charge in [-0.3, -0.25) is 0 Å². The van der Waals surface area contributed by atoms with E-state index in [4.69, 9.17) is 10.5 Å². The summed E-state index contributed by atoms with van der Waals surface area (Å²) >= 11 is 0. The van der Waals surface area contributed by atoms with Crippen LogP contribution in [0.2, 0.25) is 0 Å². The van der Waals surface area contributed by atoms with Gasteiger partial charge < -0.3 is 20.9 Å². The van der Waals surface area contributed by atoms with Crippen LogP contribution in [0.3, 0.4) is 0 Å². The Morgan fingerprint density at radius 1 is 1.08 bits per heavy atom. The molecule has 4 heteroatoms. The van der Waals surface area contributed by atoms with Gasteiger partial charge in [-0.05, 0) is 43.5 Å². The molecule has 2 aromatic carbocycles. The summed E-state index contributed by atoms with van der Waals surface area (Å²) in [7, 11) is 1.66. The number of rotatable bonds is 8. The van der Waals surface area contributed by atoms with Crippen molar-refractivity contribution in [3.8, 4) is 5.75 Å². The smallest absolute Gasteiger partial charge is 0.118 e. The van der Waals surface area contributed by atoms with Crippen molar-refractivity contribution in [2.24, 2.45) is 5.73 Å². The van der Waals surface area contributed by atoms with Crippen LogP contribution in [0.25, 0.3) is 0 Å². The van der Waals surface area contributed by atoms with Gasteiger partial charge in [0.05, 0.1) is 13.2 Å². The van der Waals surface area contributed by atoms with Crippen LogP contribution < -0.4 is 15.8 Å². The monoisotopic (exact) mass is 328 g/mol. The number of aliphatic hydroxyl groups excluding tert-OH is 1. The van der Waals surface area contributed by atoms with Crippen molar-refractivity contribution < 1.29 is 9.84 Å². The summed E-state index contributed by atoms with van der Waals surface area (Å²) in [6, 6.07) is 17.6. The fraction of sp³-hybridized carbons (Fsp3) is 0.400. The minimum Gasteiger partial charge on any atom is -0.497 e. The summed E-state index contributed by atoms with van der Waals surface area (Å²) in [6.07, 6.45) is 0.0508. The van der Waals surface area contributed by atoms with E-state index in [1.807, 2.05) is 54.6 Å². The van der Waals surface area contributed by atoms with E-state index in [0.717, 1.165) is 16.9 Å². The SMILES string of the molecule is COc1ccc(C(C)(C)NC[C@@H](O)[C@@H](N)Cc2ccccc2)cc1. The second-order valence-corrected chi connectivity index (χ2v) is 6.66. The number of aliphatic hydroxyl groups is 1. The van der Waals surface area contributed by atoms with Gasteiger partial charge in [-0.1, -0.05) is 42.5 Å². The second kappa shape index (κ2) is 8.29. The summed E-state index contributed by atoms with van der Waals surface area (Å²) in [4.78, 5) is 0. The molecule has 4 N–H and O–H groups in total. The van der Waals surface area contributed by atoms with Crippen LogP contribution in [0.4, 0.5) is 0 Å². The minimum absolute atomic E-state index is 0.264. The zero-order valence-electron chi connectivity index (χ0n) is 14.7. The topological polar surface area (TPSA) is 67.5 Å². The first-order valence-electron chi connectivity index (χ1n) is 8.29. The molecular formula is C20H28N2O2. The van der Waals surface area contributed by atoms with Gasteiger partial charge in [-0.2, -0.15) is 0 Å². The molecule has 0 radical (unpaired) electrons. The number of ether oxygens (including phenoxy) is 1. The molecule has 0 saturated carbocycles. The molecule has 0 amide bonds. The van der Waals surface area contributed by atoms with Crippen LogP contribution in [0, 0.1) is 0 Å². The van der Waals surface area contributed by atoms with E-state index < -0.39 is 6.10 Å². The zero-order valence-corrected chi connectivity index (χ0v) is 14.7. The fourth-order valence-electron chi connectivity index (χ4n) is 2.64. The summed E-state index contributed by atoms with van der Waals surface area (Å²) in [5.74, 6) is 0.833. The third kappa shape index (κ3) is 5.06. The first-order valence-corrected chi connectivity index (χ1v) is 8.29. The first-order chi connectivity index (χ1) is 11.4. The van der Waals surface area contributed by atoms with Crippen molar-refractivity contribution in [2.75, 3.05) is 13.7 Å². The van der Waals surface area contributed by atoms with E-state index in [-0.39, 0.29) is 11.6 Å². The average molecular weight is 328 g/mol. The molecule has 0 aliphatic carbocycles. The Morgan fingerprint density at radius 2 is 1.71 bits per heavy atom. The lowest BCUT2D eigenvalue weighted by Gasteiger charge is -2.30. The molecule has 0 spiro atoms. The molecule has 0 saturated heterocycles. The highest BCUT2D eigenvalue weighted by atomic mass is 16.5. The van der Waals surface area contributed by atoms with Gasteiger partial charge in [0.2, 0.25) is 0 Å². The molecule has 0 fully saturated rings. The van der Waals surface area contributed by atoms with Gasteiger partial charge in [0.25, 0.3) is 0 Å². The highest BCUT2D eigenvalue weighted by molar-refractivity contribution is 5.31. The third-order valence-electron chi connectivity index (χ3n) is 4.37. The first kappa shape index (κ1) is 18.5. The average Bonchev–Trinajstić information content (AvgIpc) is 2.60. The van der Waals surface area contributed by atoms with Crippen LogP contribution in [0.5, 0.6) is 5.75 Å². The van der Waals surface area contributed by atoms with Gasteiger partial charge in [0, 0.05) is 18.1 Å². The van der Waals surface area contributed by atoms with E-state index >= 15 is 0 Å². The molecule has 2 rings (SSSR count). The molecule has 0 heterocycles. The Bertz CT molecular complexity index is 611. The largest absolute Gasteiger partial charge is 0.497 e. The molecule has 0 aromatic heterocycles. The van der Waals surface area contributed by atoms with Crippen LogP contribution in [0.1, 0.15) is 25.0 Å². The van der Waals surface area contributed by atoms with Gasteiger partial charge in [-0.25, -0.2) is 0 Å². The van der Waals surface area contributed by atoms with Crippen molar-refractivity contribution in [1.82, 2.24) is 5.32 Å². The lowest BCUT2D eigenvalue weighted by molar-refractivity contribution is 0.131. The molecule has 130 valence electrons. The van der Waals surface area contributed by atoms with E-state index in [2.05, 4.69) is 19.2 Å². The minimum atomic E-state index is -0.609. The van der Waals surface area contributed by atoms with Crippen LogP contribution in [0.15, 0.2) is 54.6 Å². The summed E-state index contributed by atoms with van der Waals surface area (Å²) < 4.78 is 5.19. The molecule has 2 aromatic rings. The number of methoxy groups -OCH3 is 1. The highest BCUT2D eigenvalue weighted by Crippen LogP contribution is 2.22. The predicted molar refractivity (Wildman–Crippen MR) is 98.2 cm³/mol. The number of nitrogens with two attached hydrogens (primary N) is 1. The Labute approximate surface area is 144 Å². The summed E-state index contributed by atoms with van der Waals surface area (Å²) in [5.41, 5.74) is 8.15. The molecule has 4 nitrogen and oxygen atoms in total. The summed E-state index contributed by atoms with van der Waals surface area (Å²) in [6.45, 7) is 4.61. The molecule has 0 unspecified atom stereocenters. The van der Waals surface area contributed by atoms with Gasteiger partial charge in [-0.15, -0.1) is 0 Å². The molecule has 24 heavy (non-hydrogen) atoms. The Kier molecular flexibility index (Phi) is 6.37. The van der Waals surface area contributed by atoms with Crippen LogP contribution >= 0.6 is 0 Å². The quantitative estimate of drug-likeness (QED) is 0.696. The Morgan fingerprint density at radius 3 is 2.29 bits per heavy atom. The summed E-state index contributed by atoms with van der Waals surface area (Å²) in [5, 5.41) is 13.8. The van der Waals surface area contributed by atoms with Crippen molar-refractivity contribution >= 4 is 0 Å². The number of hydrogen-bond acceptors (Lipinski definition) is 4. The van der Waals surface area contributed by atoms with Gasteiger partial charge >= 0.3 is 0 Å². The molecule has 2 atom stereocenters. The number of benzene rings is 2. The lowest BCUT2D eigenvalue weighted by Crippen LogP contribution is -2.48. The predicted octanol–water partition coefficient (Wildman–Crippen LogP) is 2.45. The van der Waals surface area contributed by atoms with Crippen LogP contribution in [-0.4, -0.2) is 30.9 Å². The standard InChI is InChI=1S/C20H28N2O2/c1-20(2,16-9-11-17(24-3)12-10-16)22-14-19(23)18(21)13-15-7-5-4-6-8-15/h4-12,18-19,22-23H,13-14,21H2,1-3H3/t18-,19+/m0/s1. The van der Waals surface area contributed by atoms with E-state index in [9.17, 15) is 5.11 Å². The maximum absolute atomic E-state index is 10.4. The van der Waals surface area contributed by atoms with Crippen molar-refractivity contribution in [3.63, 3.8) is 0 Å². The molecule has 0 aliphatic rings. The maximum atomic E-state index is 10.4. The lowest BCUT2D eigenvalue weighted by atomic mass is 9.93. The van der Waals surface area contributed by atoms with Crippen molar-refractivity contribution in [1.29, 1.82) is 0 Å². The highest BCUT2D eigenvalue weighted by Gasteiger charge is 2.23. The zero-order chi connectivity index (χ0) is 17.6. The second-order valence-electron chi connectivity index (χ2n) is 6.66. The van der Waals surface area contributed by atoms with Crippen LogP contribution in [-0.2, 0) is 12.0 Å². The van der Waals surface area contributed by atoms with Gasteiger partial charge in [0.1, 0.15) is 5.75 Å². The molecular weight excluding hydrogens is 300 g/mol. The van der Waals surface area contributed by atoms with E-state index in [0.29, 0.717) is 13.0 Å². The van der Waals surface area contributed by atoms with Gasteiger partial charge in [0.15, 0.2) is 0 Å². The van der Waals surface area contributed by atoms with Crippen molar-refractivity contribution in [2.45, 2.75) is 38.0 Å². The van der Waals surface area contributed by atoms with E-state index in [1.165, 1.54) is 0 Å². The number of hydrogen-bond donors (Lipinski definition) is 3. The molecule has 0 bridgehead atoms. The third-order valence-corrected chi connectivity index (χ3v) is 4.37. The Balaban J connectivity index is 1.90. The van der Waals surface area contributed by atoms with Crippen molar-refractivity contribution in [3.05, 3.63) is 65.7 Å². The maximum Gasteiger partial charge on any atom is 0.118 e. The normalized spacial score (nSPS) is 14.2.